The van der Waals surface area contributed by atoms with Gasteiger partial charge in [-0.05, 0) is 13.0 Å². The van der Waals surface area contributed by atoms with E-state index in [1.807, 2.05) is 0 Å². The lowest BCUT2D eigenvalue weighted by Gasteiger charge is -2.01. The van der Waals surface area contributed by atoms with E-state index in [1.54, 1.807) is 0 Å². The normalized spacial score (nSPS) is 11.2. The lowest BCUT2D eigenvalue weighted by molar-refractivity contribution is 0.175. The molecule has 0 radical (unpaired) electrons. The fourth-order valence-corrected chi connectivity index (χ4v) is 0.310. The second-order valence-electron chi connectivity index (χ2n) is 1.87. The predicted octanol–water partition coefficient (Wildman–Crippen LogP) is -2.32. The van der Waals surface area contributed by atoms with E-state index in [9.17, 15) is 0 Å². The Morgan fingerprint density at radius 3 is 1.82 bits per heavy atom. The minimum atomic E-state index is -0.833. The van der Waals surface area contributed by atoms with Crippen molar-refractivity contribution in [3.05, 3.63) is 0 Å². The molecule has 0 aromatic rings. The average Bonchev–Trinajstić information content (AvgIpc) is 1.87. The maximum Gasteiger partial charge on any atom is 0.309 e. The number of primary amides is 2. The molecule has 1 unspecified atom stereocenters. The Bertz CT molecular complexity index is 94.5. The zero-order valence-electron chi connectivity index (χ0n) is 6.36. The van der Waals surface area contributed by atoms with Gasteiger partial charge in [-0.2, -0.15) is 0 Å². The number of carbonyl (C=O) groups excluding carboxylic acids is 1. The Morgan fingerprint density at radius 2 is 1.73 bits per heavy atom. The SMILES string of the molecule is NC(N)=O.NCCC(O)CN. The van der Waals surface area contributed by atoms with Crippen molar-refractivity contribution >= 4 is 6.03 Å². The number of nitrogens with two attached hydrogens (primary N) is 4. The third-order valence-corrected chi connectivity index (χ3v) is 0.772. The monoisotopic (exact) mass is 164 g/mol. The Balaban J connectivity index is 0. The Labute approximate surface area is 65.5 Å². The highest BCUT2D eigenvalue weighted by atomic mass is 16.3. The summed E-state index contributed by atoms with van der Waals surface area (Å²) in [5, 5.41) is 8.65. The van der Waals surface area contributed by atoms with E-state index in [-0.39, 0.29) is 0 Å². The molecule has 0 saturated heterocycles. The molecule has 9 N–H and O–H groups in total. The molecule has 0 bridgehead atoms. The van der Waals surface area contributed by atoms with Crippen molar-refractivity contribution in [3.8, 4) is 0 Å². The van der Waals surface area contributed by atoms with Crippen LogP contribution in [0, 0.1) is 0 Å². The largest absolute Gasteiger partial charge is 0.392 e. The molecular weight excluding hydrogens is 148 g/mol. The maximum absolute atomic E-state index is 9.00. The first kappa shape index (κ1) is 12.8. The van der Waals surface area contributed by atoms with Crippen LogP contribution >= 0.6 is 0 Å². The summed E-state index contributed by atoms with van der Waals surface area (Å²) < 4.78 is 0. The summed E-state index contributed by atoms with van der Waals surface area (Å²) in [6.07, 6.45) is 0.209. The molecule has 0 aromatic heterocycles. The Hall–Kier alpha value is -0.850. The number of hydrogen-bond acceptors (Lipinski definition) is 4. The fourth-order valence-electron chi connectivity index (χ4n) is 0.310. The fraction of sp³-hybridized carbons (Fsp3) is 0.800. The second-order valence-corrected chi connectivity index (χ2v) is 1.87. The van der Waals surface area contributed by atoms with Crippen molar-refractivity contribution in [1.29, 1.82) is 0 Å². The van der Waals surface area contributed by atoms with E-state index in [1.165, 1.54) is 0 Å². The van der Waals surface area contributed by atoms with Crippen molar-refractivity contribution in [2.75, 3.05) is 13.1 Å². The topological polar surface area (TPSA) is 141 Å². The summed E-state index contributed by atoms with van der Waals surface area (Å²) in [6.45, 7) is 0.829. The molecule has 6 heteroatoms. The lowest BCUT2D eigenvalue weighted by atomic mass is 10.3. The molecule has 0 aliphatic rings. The van der Waals surface area contributed by atoms with Gasteiger partial charge < -0.3 is 28.0 Å². The molecule has 0 saturated carbocycles. The molecule has 68 valence electrons. The highest BCUT2D eigenvalue weighted by molar-refractivity contribution is 5.69. The van der Waals surface area contributed by atoms with Crippen LogP contribution in [0.3, 0.4) is 0 Å². The van der Waals surface area contributed by atoms with Crippen molar-refractivity contribution in [2.45, 2.75) is 12.5 Å². The van der Waals surface area contributed by atoms with Gasteiger partial charge in [0.2, 0.25) is 0 Å². The number of aliphatic hydroxyl groups excluding tert-OH is 1. The summed E-state index contributed by atoms with van der Waals surface area (Å²) >= 11 is 0. The molecular formula is C5H16N4O2. The van der Waals surface area contributed by atoms with E-state index < -0.39 is 12.1 Å². The highest BCUT2D eigenvalue weighted by Crippen LogP contribution is 1.81. The lowest BCUT2D eigenvalue weighted by Crippen LogP contribution is -2.22. The minimum Gasteiger partial charge on any atom is -0.392 e. The van der Waals surface area contributed by atoms with Gasteiger partial charge in [-0.15, -0.1) is 0 Å². The standard InChI is InChI=1S/C4H12N2O.CH4N2O/c5-2-1-4(7)3-6;2-1(3)4/h4,7H,1-3,5-6H2;(H4,2,3,4). The van der Waals surface area contributed by atoms with Crippen LogP contribution < -0.4 is 22.9 Å². The van der Waals surface area contributed by atoms with Crippen LogP contribution in [0.2, 0.25) is 0 Å². The molecule has 0 heterocycles. The van der Waals surface area contributed by atoms with Gasteiger partial charge in [0.15, 0.2) is 0 Å². The van der Waals surface area contributed by atoms with Crippen LogP contribution in [0.15, 0.2) is 0 Å². The molecule has 6 nitrogen and oxygen atoms in total. The van der Waals surface area contributed by atoms with Gasteiger partial charge >= 0.3 is 6.03 Å². The molecule has 0 spiro atoms. The highest BCUT2D eigenvalue weighted by Gasteiger charge is 1.95. The van der Waals surface area contributed by atoms with Gasteiger partial charge in [-0.3, -0.25) is 0 Å². The first-order valence-corrected chi connectivity index (χ1v) is 3.17. The third kappa shape index (κ3) is 27.2. The Morgan fingerprint density at radius 1 is 1.36 bits per heavy atom. The number of aliphatic hydroxyl groups is 1. The van der Waals surface area contributed by atoms with Gasteiger partial charge in [0, 0.05) is 6.54 Å². The predicted molar refractivity (Wildman–Crippen MR) is 42.5 cm³/mol. The summed E-state index contributed by atoms with van der Waals surface area (Å²) in [4.78, 5) is 9.00. The summed E-state index contributed by atoms with van der Waals surface area (Å²) in [5.74, 6) is 0. The minimum absolute atomic E-state index is 0.317. The van der Waals surface area contributed by atoms with E-state index in [2.05, 4.69) is 11.5 Å². The van der Waals surface area contributed by atoms with Crippen molar-refractivity contribution in [1.82, 2.24) is 0 Å². The van der Waals surface area contributed by atoms with Crippen molar-refractivity contribution in [2.24, 2.45) is 22.9 Å². The van der Waals surface area contributed by atoms with Gasteiger partial charge in [0.25, 0.3) is 0 Å². The number of rotatable bonds is 3. The summed E-state index contributed by atoms with van der Waals surface area (Å²) in [7, 11) is 0. The van der Waals surface area contributed by atoms with Gasteiger partial charge in [0.1, 0.15) is 0 Å². The van der Waals surface area contributed by atoms with E-state index in [4.69, 9.17) is 21.4 Å². The van der Waals surface area contributed by atoms with Crippen LogP contribution in [0.4, 0.5) is 4.79 Å². The zero-order chi connectivity index (χ0) is 9.28. The van der Waals surface area contributed by atoms with Crippen LogP contribution in [0.25, 0.3) is 0 Å². The number of carbonyl (C=O) groups is 1. The number of hydrogen-bond donors (Lipinski definition) is 5. The van der Waals surface area contributed by atoms with Crippen LogP contribution in [0.1, 0.15) is 6.42 Å². The number of urea groups is 1. The van der Waals surface area contributed by atoms with Gasteiger partial charge in [-0.25, -0.2) is 4.79 Å². The first-order chi connectivity index (χ1) is 5.04. The first-order valence-electron chi connectivity index (χ1n) is 3.17. The zero-order valence-corrected chi connectivity index (χ0v) is 6.36. The molecule has 0 aromatic carbocycles. The van der Waals surface area contributed by atoms with Crippen LogP contribution in [0.5, 0.6) is 0 Å². The molecule has 11 heavy (non-hydrogen) atoms. The second kappa shape index (κ2) is 9.15. The molecule has 0 aliphatic carbocycles. The van der Waals surface area contributed by atoms with Crippen molar-refractivity contribution < 1.29 is 9.90 Å². The van der Waals surface area contributed by atoms with E-state index in [0.717, 1.165) is 0 Å². The quantitative estimate of drug-likeness (QED) is 0.319. The maximum atomic E-state index is 9.00. The van der Waals surface area contributed by atoms with Crippen molar-refractivity contribution in [3.63, 3.8) is 0 Å². The average molecular weight is 164 g/mol. The third-order valence-electron chi connectivity index (χ3n) is 0.772. The molecule has 1 atom stereocenters. The Kier molecular flexibility index (Phi) is 10.6. The van der Waals surface area contributed by atoms with Gasteiger partial charge in [-0.1, -0.05) is 0 Å². The van der Waals surface area contributed by atoms with Gasteiger partial charge in [0.05, 0.1) is 6.10 Å². The van der Waals surface area contributed by atoms with E-state index in [0.29, 0.717) is 19.5 Å². The van der Waals surface area contributed by atoms with Crippen LogP contribution in [-0.4, -0.2) is 30.3 Å². The molecule has 0 rings (SSSR count). The summed E-state index contributed by atoms with van der Waals surface area (Å²) in [5.41, 5.74) is 18.6. The molecule has 0 aliphatic heterocycles. The smallest absolute Gasteiger partial charge is 0.309 e. The number of amides is 2. The summed E-state index contributed by atoms with van der Waals surface area (Å²) in [6, 6.07) is -0.833. The molecule has 2 amide bonds. The molecule has 0 fully saturated rings. The van der Waals surface area contributed by atoms with Crippen LogP contribution in [-0.2, 0) is 0 Å². The van der Waals surface area contributed by atoms with E-state index >= 15 is 0 Å².